The third-order valence-corrected chi connectivity index (χ3v) is 9.65. The fraction of sp³-hybridized carbons (Fsp3) is 0.345. The Kier molecular flexibility index (Phi) is 8.41. The minimum absolute atomic E-state index is 0.156. The summed E-state index contributed by atoms with van der Waals surface area (Å²) in [5.74, 6) is -2.63. The molecule has 220 valence electrons. The number of thiazole rings is 1. The molecule has 0 spiro atoms. The van der Waals surface area contributed by atoms with Crippen LogP contribution in [0.5, 0.6) is 11.5 Å². The number of rotatable bonds is 9. The number of carbonyl (C=O) groups excluding carboxylic acids is 4. The number of imide groups is 1. The second kappa shape index (κ2) is 12.0. The van der Waals surface area contributed by atoms with E-state index in [1.165, 1.54) is 43.1 Å². The zero-order valence-corrected chi connectivity index (χ0v) is 24.9. The summed E-state index contributed by atoms with van der Waals surface area (Å²) in [6, 6.07) is 11.3. The molecule has 3 heterocycles. The molecule has 0 radical (unpaired) electrons. The number of carbonyl (C=O) groups is 4. The van der Waals surface area contributed by atoms with Gasteiger partial charge in [-0.05, 0) is 55.8 Å². The largest absolute Gasteiger partial charge is 0.493 e. The van der Waals surface area contributed by atoms with Crippen LogP contribution in [0.15, 0.2) is 52.3 Å². The highest BCUT2D eigenvalue weighted by Crippen LogP contribution is 2.54. The van der Waals surface area contributed by atoms with Gasteiger partial charge in [0, 0.05) is 10.8 Å². The van der Waals surface area contributed by atoms with Crippen molar-refractivity contribution >= 4 is 52.5 Å². The van der Waals surface area contributed by atoms with E-state index >= 15 is 0 Å². The van der Waals surface area contributed by atoms with Crippen molar-refractivity contribution in [2.45, 2.75) is 36.6 Å². The van der Waals surface area contributed by atoms with Gasteiger partial charge < -0.3 is 18.9 Å². The van der Waals surface area contributed by atoms with Gasteiger partial charge in [0.15, 0.2) is 11.5 Å². The average molecular weight is 613 g/mol. The first-order valence-corrected chi connectivity index (χ1v) is 14.9. The Hall–Kier alpha value is -4.10. The van der Waals surface area contributed by atoms with Crippen LogP contribution in [-0.4, -0.2) is 61.0 Å². The van der Waals surface area contributed by atoms with Crippen LogP contribution in [0.4, 0.5) is 5.69 Å². The van der Waals surface area contributed by atoms with Gasteiger partial charge in [0.05, 0.1) is 49.6 Å². The van der Waals surface area contributed by atoms with Crippen LogP contribution >= 0.6 is 23.1 Å². The lowest BCUT2D eigenvalue weighted by atomic mass is 9.83. The second-order valence-corrected chi connectivity index (χ2v) is 11.5. The second-order valence-electron chi connectivity index (χ2n) is 9.36. The van der Waals surface area contributed by atoms with Crippen LogP contribution in [0.3, 0.4) is 0 Å². The zero-order valence-electron chi connectivity index (χ0n) is 23.3. The highest BCUT2D eigenvalue weighted by atomic mass is 32.2. The maximum absolute atomic E-state index is 14.1. The molecule has 1 fully saturated rings. The van der Waals surface area contributed by atoms with E-state index in [0.29, 0.717) is 38.2 Å². The van der Waals surface area contributed by atoms with Crippen molar-refractivity contribution < 1.29 is 38.1 Å². The topological polar surface area (TPSA) is 130 Å². The van der Waals surface area contributed by atoms with Crippen molar-refractivity contribution in [3.8, 4) is 11.5 Å². The molecule has 5 rings (SSSR count). The third kappa shape index (κ3) is 5.07. The van der Waals surface area contributed by atoms with E-state index in [1.807, 2.05) is 0 Å². The Labute approximate surface area is 249 Å². The Morgan fingerprint density at radius 1 is 0.881 bits per heavy atom. The van der Waals surface area contributed by atoms with E-state index in [0.717, 1.165) is 28.0 Å². The van der Waals surface area contributed by atoms with Gasteiger partial charge in [-0.1, -0.05) is 29.2 Å². The first kappa shape index (κ1) is 29.4. The number of esters is 2. The summed E-state index contributed by atoms with van der Waals surface area (Å²) in [6.07, 6.45) is 0. The Bertz CT molecular complexity index is 1610. The number of ether oxygens (including phenoxy) is 4. The molecule has 0 aliphatic carbocycles. The Morgan fingerprint density at radius 3 is 2.21 bits per heavy atom. The molecule has 13 heteroatoms. The van der Waals surface area contributed by atoms with Crippen molar-refractivity contribution in [2.24, 2.45) is 5.92 Å². The first-order valence-electron chi connectivity index (χ1n) is 13.2. The fourth-order valence-corrected chi connectivity index (χ4v) is 7.99. The monoisotopic (exact) mass is 612 g/mol. The first-order chi connectivity index (χ1) is 20.2. The molecule has 0 bridgehead atoms. The molecule has 11 nitrogen and oxygen atoms in total. The van der Waals surface area contributed by atoms with Crippen LogP contribution in [0.25, 0.3) is 0 Å². The molecule has 2 amide bonds. The number of aromatic nitrogens is 1. The molecule has 2 aliphatic rings. The van der Waals surface area contributed by atoms with Crippen LogP contribution < -0.4 is 19.2 Å². The fourth-order valence-electron chi connectivity index (χ4n) is 5.21. The minimum Gasteiger partial charge on any atom is -0.493 e. The van der Waals surface area contributed by atoms with Crippen molar-refractivity contribution in [2.75, 3.05) is 32.3 Å². The molecule has 0 N–H and O–H groups in total. The number of hydrogen-bond acceptors (Lipinski definition) is 11. The predicted octanol–water partition coefficient (Wildman–Crippen LogP) is 3.46. The number of nitrogens with zero attached hydrogens (tertiary/aromatic N) is 2. The molecule has 1 saturated heterocycles. The summed E-state index contributed by atoms with van der Waals surface area (Å²) in [4.78, 5) is 66.9. The number of thioether (sulfide) groups is 1. The van der Waals surface area contributed by atoms with Crippen LogP contribution in [-0.2, 0) is 30.4 Å². The van der Waals surface area contributed by atoms with Gasteiger partial charge in [-0.25, -0.2) is 9.69 Å². The SMILES string of the molecule is CCOC(=O)Cn1c2c(sc1=O)[C@H](c1ccc(OC)c(OC)c1)C1C(=O)N(c3ccc(C(=O)OCC)cc3)C(=O)C1S2. The molecule has 1 aromatic heterocycles. The molecule has 3 aromatic rings. The van der Waals surface area contributed by atoms with Crippen LogP contribution in [0.2, 0.25) is 0 Å². The summed E-state index contributed by atoms with van der Waals surface area (Å²) >= 11 is 2.04. The maximum Gasteiger partial charge on any atom is 0.338 e. The number of hydrogen-bond donors (Lipinski definition) is 0. The third-order valence-electron chi connectivity index (χ3n) is 7.05. The van der Waals surface area contributed by atoms with E-state index in [1.54, 1.807) is 32.0 Å². The number of fused-ring (bicyclic) bond motifs is 2. The van der Waals surface area contributed by atoms with Crippen molar-refractivity contribution in [1.82, 2.24) is 4.57 Å². The van der Waals surface area contributed by atoms with Crippen LogP contribution in [0.1, 0.15) is 40.6 Å². The number of methoxy groups -OCH3 is 2. The zero-order chi connectivity index (χ0) is 30.1. The molecular weight excluding hydrogens is 584 g/mol. The van der Waals surface area contributed by atoms with E-state index < -0.39 is 45.7 Å². The normalized spacial score (nSPS) is 19.2. The predicted molar refractivity (Wildman–Crippen MR) is 155 cm³/mol. The average Bonchev–Trinajstić information content (AvgIpc) is 3.43. The van der Waals surface area contributed by atoms with E-state index in [2.05, 4.69) is 0 Å². The number of anilines is 1. The van der Waals surface area contributed by atoms with E-state index in [-0.39, 0.29) is 19.8 Å². The molecule has 42 heavy (non-hydrogen) atoms. The van der Waals surface area contributed by atoms with E-state index in [9.17, 15) is 24.0 Å². The lowest BCUT2D eigenvalue weighted by Crippen LogP contribution is -2.32. The standard InChI is InChI=1S/C29H28N2O9S2/c1-5-39-20(32)14-30-27-24(42-29(30)36)21(16-9-12-18(37-3)19(13-16)38-4)22-23(41-27)26(34)31(25(22)33)17-10-7-15(8-11-17)28(35)40-6-2/h7-13,21-23H,5-6,14H2,1-4H3/t21-,22?,23?/m1/s1. The number of amides is 2. The maximum atomic E-state index is 14.1. The van der Waals surface area contributed by atoms with Gasteiger partial charge in [0.1, 0.15) is 11.8 Å². The summed E-state index contributed by atoms with van der Waals surface area (Å²) in [5.41, 5.74) is 1.25. The van der Waals surface area contributed by atoms with Gasteiger partial charge >= 0.3 is 16.8 Å². The van der Waals surface area contributed by atoms with Gasteiger partial charge in [-0.2, -0.15) is 0 Å². The quantitative estimate of drug-likeness (QED) is 0.262. The van der Waals surface area contributed by atoms with Gasteiger partial charge in [-0.15, -0.1) is 0 Å². The van der Waals surface area contributed by atoms with Crippen molar-refractivity contribution in [1.29, 1.82) is 0 Å². The number of benzene rings is 2. The van der Waals surface area contributed by atoms with Crippen LogP contribution in [0, 0.1) is 5.92 Å². The van der Waals surface area contributed by atoms with Gasteiger partial charge in [0.25, 0.3) is 0 Å². The van der Waals surface area contributed by atoms with Crippen molar-refractivity contribution in [3.05, 3.63) is 68.1 Å². The Morgan fingerprint density at radius 2 is 1.57 bits per heavy atom. The molecule has 0 saturated carbocycles. The van der Waals surface area contributed by atoms with Crippen molar-refractivity contribution in [3.63, 3.8) is 0 Å². The smallest absolute Gasteiger partial charge is 0.338 e. The molecule has 2 unspecified atom stereocenters. The minimum atomic E-state index is -0.879. The lowest BCUT2D eigenvalue weighted by molar-refractivity contribution is -0.144. The molecular formula is C29H28N2O9S2. The molecule has 2 aromatic carbocycles. The Balaban J connectivity index is 1.61. The molecule has 3 atom stereocenters. The highest BCUT2D eigenvalue weighted by Gasteiger charge is 2.57. The summed E-state index contributed by atoms with van der Waals surface area (Å²) in [5, 5.41) is -0.435. The molecule has 2 aliphatic heterocycles. The summed E-state index contributed by atoms with van der Waals surface area (Å²) in [7, 11) is 3.00. The highest BCUT2D eigenvalue weighted by molar-refractivity contribution is 8.00. The summed E-state index contributed by atoms with van der Waals surface area (Å²) in [6.45, 7) is 3.43. The van der Waals surface area contributed by atoms with Gasteiger partial charge in [0.2, 0.25) is 11.8 Å². The lowest BCUT2D eigenvalue weighted by Gasteiger charge is -2.31. The van der Waals surface area contributed by atoms with Gasteiger partial charge in [-0.3, -0.25) is 23.7 Å². The summed E-state index contributed by atoms with van der Waals surface area (Å²) < 4.78 is 22.3. The van der Waals surface area contributed by atoms with E-state index in [4.69, 9.17) is 18.9 Å².